The average Bonchev–Trinajstić information content (AvgIpc) is 3.14. The lowest BCUT2D eigenvalue weighted by atomic mass is 10.00. The van der Waals surface area contributed by atoms with Gasteiger partial charge in [0.05, 0.1) is 32.6 Å². The van der Waals surface area contributed by atoms with E-state index >= 15 is 0 Å². The number of benzene rings is 1. The molecular formula is C18H25N3O4. The molecule has 0 radical (unpaired) electrons. The van der Waals surface area contributed by atoms with Gasteiger partial charge < -0.3 is 19.9 Å². The molecule has 2 aromatic rings. The third-order valence-corrected chi connectivity index (χ3v) is 4.35. The Labute approximate surface area is 147 Å². The standard InChI is InChI=1S/C18H25N3O4/c1-5-11(2)15(10-22)19-18(23)14-9-13(20-21-14)12-6-7-16(24-3)17(8-12)25-4/h6-9,11,15,22H,5,10H2,1-4H3,(H,19,23)(H,20,21)/t11-,15+/m0/s1. The number of aliphatic hydroxyl groups excluding tert-OH is 1. The number of aromatic nitrogens is 2. The SMILES string of the molecule is CC[C@H](C)[C@@H](CO)NC(=O)c1cc(-c2ccc(OC)c(OC)c2)n[nH]1. The molecule has 1 amide bonds. The fourth-order valence-corrected chi connectivity index (χ4v) is 2.48. The number of nitrogens with one attached hydrogen (secondary N) is 2. The molecule has 0 aliphatic rings. The number of amides is 1. The zero-order chi connectivity index (χ0) is 18.4. The van der Waals surface area contributed by atoms with Gasteiger partial charge in [0.25, 0.3) is 5.91 Å². The number of carbonyl (C=O) groups is 1. The van der Waals surface area contributed by atoms with Gasteiger partial charge in [-0.1, -0.05) is 20.3 Å². The summed E-state index contributed by atoms with van der Waals surface area (Å²) in [5.74, 6) is 1.10. The number of aromatic amines is 1. The van der Waals surface area contributed by atoms with E-state index in [-0.39, 0.29) is 24.5 Å². The summed E-state index contributed by atoms with van der Waals surface area (Å²) in [6.45, 7) is 3.91. The Morgan fingerprint density at radius 1 is 1.28 bits per heavy atom. The molecule has 2 atom stereocenters. The van der Waals surface area contributed by atoms with Gasteiger partial charge in [-0.05, 0) is 30.2 Å². The molecule has 0 aliphatic heterocycles. The molecule has 0 unspecified atom stereocenters. The van der Waals surface area contributed by atoms with Crippen LogP contribution in [0.2, 0.25) is 0 Å². The van der Waals surface area contributed by atoms with Gasteiger partial charge in [-0.2, -0.15) is 5.10 Å². The van der Waals surface area contributed by atoms with Gasteiger partial charge >= 0.3 is 0 Å². The van der Waals surface area contributed by atoms with E-state index in [1.54, 1.807) is 32.4 Å². The fraction of sp³-hybridized carbons (Fsp3) is 0.444. The Morgan fingerprint density at radius 2 is 2.00 bits per heavy atom. The summed E-state index contributed by atoms with van der Waals surface area (Å²) < 4.78 is 10.5. The number of hydrogen-bond donors (Lipinski definition) is 3. The highest BCUT2D eigenvalue weighted by Crippen LogP contribution is 2.31. The van der Waals surface area contributed by atoms with Crippen molar-refractivity contribution in [1.82, 2.24) is 15.5 Å². The highest BCUT2D eigenvalue weighted by atomic mass is 16.5. The van der Waals surface area contributed by atoms with E-state index in [0.29, 0.717) is 22.9 Å². The third kappa shape index (κ3) is 4.30. The zero-order valence-electron chi connectivity index (χ0n) is 15.0. The summed E-state index contributed by atoms with van der Waals surface area (Å²) in [5.41, 5.74) is 1.76. The molecule has 25 heavy (non-hydrogen) atoms. The van der Waals surface area contributed by atoms with Crippen molar-refractivity contribution in [2.75, 3.05) is 20.8 Å². The second kappa shape index (κ2) is 8.53. The number of ether oxygens (including phenoxy) is 2. The van der Waals surface area contributed by atoms with Gasteiger partial charge in [-0.15, -0.1) is 0 Å². The number of rotatable bonds is 8. The normalized spacial score (nSPS) is 13.2. The summed E-state index contributed by atoms with van der Waals surface area (Å²) in [4.78, 5) is 12.4. The van der Waals surface area contributed by atoms with Crippen LogP contribution in [0.5, 0.6) is 11.5 Å². The van der Waals surface area contributed by atoms with Crippen molar-refractivity contribution in [3.63, 3.8) is 0 Å². The maximum Gasteiger partial charge on any atom is 0.269 e. The zero-order valence-corrected chi connectivity index (χ0v) is 15.0. The minimum absolute atomic E-state index is 0.0998. The van der Waals surface area contributed by atoms with Gasteiger partial charge in [0.1, 0.15) is 5.69 Å². The lowest BCUT2D eigenvalue weighted by Crippen LogP contribution is -2.42. The van der Waals surface area contributed by atoms with Crippen molar-refractivity contribution in [3.8, 4) is 22.8 Å². The average molecular weight is 347 g/mol. The molecule has 0 spiro atoms. The summed E-state index contributed by atoms with van der Waals surface area (Å²) in [5, 5.41) is 19.2. The highest BCUT2D eigenvalue weighted by molar-refractivity contribution is 5.93. The Bertz CT molecular complexity index is 714. The number of methoxy groups -OCH3 is 2. The van der Waals surface area contributed by atoms with E-state index in [4.69, 9.17) is 9.47 Å². The molecule has 136 valence electrons. The summed E-state index contributed by atoms with van der Waals surface area (Å²) in [7, 11) is 3.14. The molecule has 0 fully saturated rings. The molecule has 0 saturated heterocycles. The van der Waals surface area contributed by atoms with Crippen LogP contribution >= 0.6 is 0 Å². The largest absolute Gasteiger partial charge is 0.493 e. The molecule has 2 rings (SSSR count). The third-order valence-electron chi connectivity index (χ3n) is 4.35. The minimum atomic E-state index is -0.293. The van der Waals surface area contributed by atoms with Crippen LogP contribution in [0, 0.1) is 5.92 Å². The predicted molar refractivity (Wildman–Crippen MR) is 94.9 cm³/mol. The predicted octanol–water partition coefficient (Wildman–Crippen LogP) is 2.23. The smallest absolute Gasteiger partial charge is 0.269 e. The van der Waals surface area contributed by atoms with Crippen LogP contribution in [-0.2, 0) is 0 Å². The van der Waals surface area contributed by atoms with Crippen LogP contribution in [0.1, 0.15) is 30.8 Å². The van der Waals surface area contributed by atoms with Crippen molar-refractivity contribution in [1.29, 1.82) is 0 Å². The number of aliphatic hydroxyl groups is 1. The van der Waals surface area contributed by atoms with Gasteiger partial charge in [-0.25, -0.2) is 0 Å². The van der Waals surface area contributed by atoms with Crippen molar-refractivity contribution >= 4 is 5.91 Å². The van der Waals surface area contributed by atoms with Crippen molar-refractivity contribution in [2.45, 2.75) is 26.3 Å². The summed E-state index contributed by atoms with van der Waals surface area (Å²) in [6, 6.07) is 6.81. The highest BCUT2D eigenvalue weighted by Gasteiger charge is 2.20. The molecule has 1 heterocycles. The van der Waals surface area contributed by atoms with Gasteiger partial charge in [0, 0.05) is 5.56 Å². The van der Waals surface area contributed by atoms with E-state index in [1.807, 2.05) is 19.9 Å². The van der Waals surface area contributed by atoms with E-state index < -0.39 is 0 Å². The molecule has 0 bridgehead atoms. The maximum atomic E-state index is 12.4. The quantitative estimate of drug-likeness (QED) is 0.680. The van der Waals surface area contributed by atoms with Crippen LogP contribution in [0.15, 0.2) is 24.3 Å². The molecular weight excluding hydrogens is 322 g/mol. The Morgan fingerprint density at radius 3 is 2.60 bits per heavy atom. The van der Waals surface area contributed by atoms with E-state index in [1.165, 1.54) is 0 Å². The Kier molecular flexibility index (Phi) is 6.41. The van der Waals surface area contributed by atoms with Crippen LogP contribution in [0.25, 0.3) is 11.3 Å². The molecule has 7 nitrogen and oxygen atoms in total. The summed E-state index contributed by atoms with van der Waals surface area (Å²) >= 11 is 0. The van der Waals surface area contributed by atoms with Crippen molar-refractivity contribution in [2.24, 2.45) is 5.92 Å². The maximum absolute atomic E-state index is 12.4. The second-order valence-electron chi connectivity index (χ2n) is 5.88. The van der Waals surface area contributed by atoms with Gasteiger partial charge in [0.2, 0.25) is 0 Å². The van der Waals surface area contributed by atoms with Crippen LogP contribution in [0.4, 0.5) is 0 Å². The molecule has 0 saturated carbocycles. The van der Waals surface area contributed by atoms with E-state index in [2.05, 4.69) is 15.5 Å². The molecule has 1 aromatic heterocycles. The number of nitrogens with zero attached hydrogens (tertiary/aromatic N) is 1. The van der Waals surface area contributed by atoms with Gasteiger partial charge in [-0.3, -0.25) is 9.89 Å². The lowest BCUT2D eigenvalue weighted by Gasteiger charge is -2.21. The Balaban J connectivity index is 2.18. The van der Waals surface area contributed by atoms with Crippen LogP contribution in [-0.4, -0.2) is 48.1 Å². The topological polar surface area (TPSA) is 96.5 Å². The van der Waals surface area contributed by atoms with E-state index in [0.717, 1.165) is 12.0 Å². The number of hydrogen-bond acceptors (Lipinski definition) is 5. The number of carbonyl (C=O) groups excluding carboxylic acids is 1. The first-order valence-electron chi connectivity index (χ1n) is 8.23. The minimum Gasteiger partial charge on any atom is -0.493 e. The van der Waals surface area contributed by atoms with Crippen molar-refractivity contribution in [3.05, 3.63) is 30.0 Å². The first-order chi connectivity index (χ1) is 12.0. The first-order valence-corrected chi connectivity index (χ1v) is 8.23. The Hall–Kier alpha value is -2.54. The van der Waals surface area contributed by atoms with Crippen molar-refractivity contribution < 1.29 is 19.4 Å². The number of H-pyrrole nitrogens is 1. The molecule has 7 heteroatoms. The van der Waals surface area contributed by atoms with Crippen LogP contribution in [0.3, 0.4) is 0 Å². The fourth-order valence-electron chi connectivity index (χ4n) is 2.48. The summed E-state index contributed by atoms with van der Waals surface area (Å²) in [6.07, 6.45) is 0.866. The monoisotopic (exact) mass is 347 g/mol. The second-order valence-corrected chi connectivity index (χ2v) is 5.88. The molecule has 1 aromatic carbocycles. The molecule has 0 aliphatic carbocycles. The molecule has 3 N–H and O–H groups in total. The van der Waals surface area contributed by atoms with Gasteiger partial charge in [0.15, 0.2) is 11.5 Å². The lowest BCUT2D eigenvalue weighted by molar-refractivity contribution is 0.0886. The first kappa shape index (κ1) is 18.8. The van der Waals surface area contributed by atoms with E-state index in [9.17, 15) is 9.90 Å². The van der Waals surface area contributed by atoms with Crippen LogP contribution < -0.4 is 14.8 Å².